The average molecular weight is 285 g/mol. The molecule has 3 rings (SSSR count). The number of carbonyl (C=O) groups excluding carboxylic acids is 1. The highest BCUT2D eigenvalue weighted by atomic mass is 16.5. The van der Waals surface area contributed by atoms with Crippen molar-refractivity contribution in [3.05, 3.63) is 47.0 Å². The van der Waals surface area contributed by atoms with Gasteiger partial charge in [-0.3, -0.25) is 0 Å². The number of aliphatic imine (C=N–C) groups is 1. The third-order valence-electron chi connectivity index (χ3n) is 4.40. The molecule has 1 heterocycles. The van der Waals surface area contributed by atoms with Crippen LogP contribution < -0.4 is 0 Å². The minimum absolute atomic E-state index is 0.274. The highest BCUT2D eigenvalue weighted by Crippen LogP contribution is 2.42. The Kier molecular flexibility index (Phi) is 3.32. The molecule has 0 aromatic heterocycles. The van der Waals surface area contributed by atoms with Crippen LogP contribution in [0.3, 0.4) is 0 Å². The lowest BCUT2D eigenvalue weighted by Gasteiger charge is -2.34. The number of benzene rings is 1. The van der Waals surface area contributed by atoms with E-state index in [0.717, 1.165) is 5.56 Å². The molecule has 4 heteroatoms. The van der Waals surface area contributed by atoms with Crippen LogP contribution in [0.25, 0.3) is 0 Å². The van der Waals surface area contributed by atoms with Gasteiger partial charge >= 0.3 is 5.97 Å². The van der Waals surface area contributed by atoms with Gasteiger partial charge in [0.05, 0.1) is 7.11 Å². The van der Waals surface area contributed by atoms with E-state index in [1.54, 1.807) is 0 Å². The molecule has 0 radical (unpaired) electrons. The Bertz CT molecular complexity index is 633. The maximum absolute atomic E-state index is 12.4. The van der Waals surface area contributed by atoms with E-state index in [9.17, 15) is 4.79 Å². The molecule has 0 saturated heterocycles. The fourth-order valence-electron chi connectivity index (χ4n) is 3.02. The van der Waals surface area contributed by atoms with E-state index in [-0.39, 0.29) is 12.1 Å². The summed E-state index contributed by atoms with van der Waals surface area (Å²) < 4.78 is 11.0. The van der Waals surface area contributed by atoms with E-state index in [0.29, 0.717) is 18.7 Å². The molecule has 1 aliphatic carbocycles. The Morgan fingerprint density at radius 2 is 2.00 bits per heavy atom. The number of carbonyl (C=O) groups is 1. The summed E-state index contributed by atoms with van der Waals surface area (Å²) in [5, 5.41) is 0. The predicted molar refractivity (Wildman–Crippen MR) is 80.2 cm³/mol. The molecule has 0 unspecified atom stereocenters. The lowest BCUT2D eigenvalue weighted by Crippen LogP contribution is -2.49. The Labute approximate surface area is 124 Å². The molecule has 1 aliphatic heterocycles. The summed E-state index contributed by atoms with van der Waals surface area (Å²) in [5.41, 5.74) is 2.43. The molecule has 0 N–H and O–H groups in total. The Hall–Kier alpha value is -2.10. The van der Waals surface area contributed by atoms with Crippen LogP contribution >= 0.6 is 0 Å². The van der Waals surface area contributed by atoms with Crippen LogP contribution in [0.2, 0.25) is 0 Å². The number of hydrogen-bond acceptors (Lipinski definition) is 4. The van der Waals surface area contributed by atoms with Crippen LogP contribution in [-0.2, 0) is 14.3 Å². The first-order valence-corrected chi connectivity index (χ1v) is 7.12. The van der Waals surface area contributed by atoms with Crippen LogP contribution in [-0.4, -0.2) is 30.6 Å². The summed E-state index contributed by atoms with van der Waals surface area (Å²) in [5.74, 6) is 0.221. The van der Waals surface area contributed by atoms with E-state index >= 15 is 0 Å². The van der Waals surface area contributed by atoms with Crippen molar-refractivity contribution in [3.63, 3.8) is 0 Å². The van der Waals surface area contributed by atoms with Crippen LogP contribution in [0.5, 0.6) is 0 Å². The Balaban J connectivity index is 2.04. The zero-order chi connectivity index (χ0) is 15.0. The largest absolute Gasteiger partial charge is 0.471 e. The van der Waals surface area contributed by atoms with E-state index in [1.807, 2.05) is 37.3 Å². The summed E-state index contributed by atoms with van der Waals surface area (Å²) in [4.78, 5) is 17.0. The highest BCUT2D eigenvalue weighted by molar-refractivity contribution is 5.99. The number of ether oxygens (including phenoxy) is 2. The molecule has 2 aliphatic rings. The quantitative estimate of drug-likeness (QED) is 0.620. The number of nitrogens with zero attached hydrogens (tertiary/aromatic N) is 1. The number of rotatable bonds is 2. The van der Waals surface area contributed by atoms with E-state index in [2.05, 4.69) is 11.9 Å². The number of methoxy groups -OCH3 is 1. The van der Waals surface area contributed by atoms with Crippen molar-refractivity contribution < 1.29 is 14.3 Å². The third-order valence-corrected chi connectivity index (χ3v) is 4.40. The lowest BCUT2D eigenvalue weighted by molar-refractivity contribution is -0.150. The maximum atomic E-state index is 12.4. The molecule has 0 spiro atoms. The highest BCUT2D eigenvalue weighted by Gasteiger charge is 2.55. The van der Waals surface area contributed by atoms with E-state index < -0.39 is 5.54 Å². The first-order chi connectivity index (χ1) is 10.1. The molecular formula is C17H19NO3. The molecule has 0 bridgehead atoms. The molecule has 4 nitrogen and oxygen atoms in total. The van der Waals surface area contributed by atoms with Crippen molar-refractivity contribution in [1.29, 1.82) is 0 Å². The van der Waals surface area contributed by atoms with Crippen LogP contribution in [0.4, 0.5) is 0 Å². The zero-order valence-corrected chi connectivity index (χ0v) is 12.6. The monoisotopic (exact) mass is 285 g/mol. The molecule has 0 saturated carbocycles. The standard InChI is InChI=1S/C17H19NO3/c1-11-9-14-17(10-12(11)2,16(19)20-3)18-15(21-14)13-7-5-4-6-8-13/h4-8,14H,9-10H2,1-3H3/t14-,17+/m0/s1. The van der Waals surface area contributed by atoms with Gasteiger partial charge in [0.2, 0.25) is 11.4 Å². The fraction of sp³-hybridized carbons (Fsp3) is 0.412. The van der Waals surface area contributed by atoms with Gasteiger partial charge in [0, 0.05) is 18.4 Å². The molecule has 1 aromatic rings. The van der Waals surface area contributed by atoms with Gasteiger partial charge in [-0.05, 0) is 26.0 Å². The van der Waals surface area contributed by atoms with Gasteiger partial charge < -0.3 is 9.47 Å². The second kappa shape index (κ2) is 5.02. The molecule has 21 heavy (non-hydrogen) atoms. The van der Waals surface area contributed by atoms with Gasteiger partial charge in [-0.25, -0.2) is 9.79 Å². The SMILES string of the molecule is COC(=O)[C@@]12CC(C)=C(C)C[C@@H]1OC(c1ccccc1)=N2. The van der Waals surface area contributed by atoms with Gasteiger partial charge in [-0.1, -0.05) is 29.3 Å². The number of hydrogen-bond donors (Lipinski definition) is 0. The van der Waals surface area contributed by atoms with Gasteiger partial charge in [0.25, 0.3) is 0 Å². The van der Waals surface area contributed by atoms with Gasteiger partial charge in [0.1, 0.15) is 6.10 Å². The molecule has 0 amide bonds. The number of fused-ring (bicyclic) bond motifs is 1. The predicted octanol–water partition coefficient (Wildman–Crippen LogP) is 2.87. The van der Waals surface area contributed by atoms with Crippen molar-refractivity contribution in [2.24, 2.45) is 4.99 Å². The van der Waals surface area contributed by atoms with Crippen molar-refractivity contribution in [2.75, 3.05) is 7.11 Å². The van der Waals surface area contributed by atoms with Crippen molar-refractivity contribution in [1.82, 2.24) is 0 Å². The Morgan fingerprint density at radius 3 is 2.67 bits per heavy atom. The van der Waals surface area contributed by atoms with Gasteiger partial charge in [-0.2, -0.15) is 0 Å². The summed E-state index contributed by atoms with van der Waals surface area (Å²) in [6.07, 6.45) is 0.997. The topological polar surface area (TPSA) is 47.9 Å². The van der Waals surface area contributed by atoms with Crippen LogP contribution in [0.1, 0.15) is 32.3 Å². The average Bonchev–Trinajstić information content (AvgIpc) is 2.87. The second-order valence-electron chi connectivity index (χ2n) is 5.75. The van der Waals surface area contributed by atoms with Crippen LogP contribution in [0, 0.1) is 0 Å². The second-order valence-corrected chi connectivity index (χ2v) is 5.75. The van der Waals surface area contributed by atoms with Crippen molar-refractivity contribution in [2.45, 2.75) is 38.3 Å². The van der Waals surface area contributed by atoms with Gasteiger partial charge in [-0.15, -0.1) is 0 Å². The normalized spacial score (nSPS) is 27.8. The smallest absolute Gasteiger partial charge is 0.338 e. The summed E-state index contributed by atoms with van der Waals surface area (Å²) in [6, 6.07) is 9.69. The molecule has 0 fully saturated rings. The maximum Gasteiger partial charge on any atom is 0.338 e. The zero-order valence-electron chi connectivity index (χ0n) is 12.6. The molecule has 110 valence electrons. The van der Waals surface area contributed by atoms with Crippen molar-refractivity contribution >= 4 is 11.9 Å². The molecular weight excluding hydrogens is 266 g/mol. The first-order valence-electron chi connectivity index (χ1n) is 7.12. The lowest BCUT2D eigenvalue weighted by atomic mass is 9.77. The van der Waals surface area contributed by atoms with E-state index in [4.69, 9.17) is 9.47 Å². The number of esters is 1. The minimum atomic E-state index is -0.927. The first kappa shape index (κ1) is 13.9. The summed E-state index contributed by atoms with van der Waals surface area (Å²) >= 11 is 0. The summed E-state index contributed by atoms with van der Waals surface area (Å²) in [6.45, 7) is 4.13. The van der Waals surface area contributed by atoms with Gasteiger partial charge in [0.15, 0.2) is 0 Å². The summed E-state index contributed by atoms with van der Waals surface area (Å²) in [7, 11) is 1.41. The van der Waals surface area contributed by atoms with Crippen LogP contribution in [0.15, 0.2) is 46.5 Å². The molecule has 2 atom stereocenters. The Morgan fingerprint density at radius 1 is 1.29 bits per heavy atom. The van der Waals surface area contributed by atoms with Crippen molar-refractivity contribution in [3.8, 4) is 0 Å². The minimum Gasteiger partial charge on any atom is -0.471 e. The fourth-order valence-corrected chi connectivity index (χ4v) is 3.02. The third kappa shape index (κ3) is 2.15. The van der Waals surface area contributed by atoms with E-state index in [1.165, 1.54) is 18.3 Å². The molecule has 1 aromatic carbocycles.